The molecule has 0 radical (unpaired) electrons. The van der Waals surface area contributed by atoms with E-state index in [1.807, 2.05) is 26.0 Å². The quantitative estimate of drug-likeness (QED) is 0.840. The molecule has 0 bridgehead atoms. The lowest BCUT2D eigenvalue weighted by molar-refractivity contribution is -0.137. The lowest BCUT2D eigenvalue weighted by Gasteiger charge is -2.22. The zero-order chi connectivity index (χ0) is 13.7. The van der Waals surface area contributed by atoms with Crippen molar-refractivity contribution in [3.63, 3.8) is 0 Å². The van der Waals surface area contributed by atoms with E-state index in [4.69, 9.17) is 9.84 Å². The standard InChI is InChI=1S/C15H22O3/c1-5-11-6-7-14(18-4)13(8-11)12(10(2)3)9-15(16)17/h6-8,10,12H,5,9H2,1-4H3,(H,16,17). The van der Waals surface area contributed by atoms with Crippen LogP contribution in [0.2, 0.25) is 0 Å². The molecule has 0 amide bonds. The average molecular weight is 250 g/mol. The number of methoxy groups -OCH3 is 1. The van der Waals surface area contributed by atoms with Crippen LogP contribution < -0.4 is 4.74 Å². The second-order valence-electron chi connectivity index (χ2n) is 4.88. The summed E-state index contributed by atoms with van der Waals surface area (Å²) in [4.78, 5) is 11.0. The molecule has 3 nitrogen and oxygen atoms in total. The Morgan fingerprint density at radius 2 is 2.06 bits per heavy atom. The summed E-state index contributed by atoms with van der Waals surface area (Å²) < 4.78 is 5.36. The molecule has 0 saturated carbocycles. The first-order chi connectivity index (χ1) is 8.49. The van der Waals surface area contributed by atoms with Crippen LogP contribution in [0.25, 0.3) is 0 Å². The van der Waals surface area contributed by atoms with Crippen LogP contribution in [0.15, 0.2) is 18.2 Å². The van der Waals surface area contributed by atoms with Gasteiger partial charge >= 0.3 is 5.97 Å². The number of benzene rings is 1. The molecule has 1 rings (SSSR count). The molecule has 0 fully saturated rings. The molecule has 0 spiro atoms. The number of carboxylic acids is 1. The van der Waals surface area contributed by atoms with Gasteiger partial charge in [0.25, 0.3) is 0 Å². The van der Waals surface area contributed by atoms with Crippen molar-refractivity contribution in [3.05, 3.63) is 29.3 Å². The Morgan fingerprint density at radius 3 is 2.50 bits per heavy atom. The van der Waals surface area contributed by atoms with Crippen molar-refractivity contribution in [1.29, 1.82) is 0 Å². The molecule has 18 heavy (non-hydrogen) atoms. The Hall–Kier alpha value is -1.51. The molecule has 0 aliphatic rings. The molecule has 1 aromatic carbocycles. The maximum absolute atomic E-state index is 11.0. The highest BCUT2D eigenvalue weighted by Gasteiger charge is 2.22. The Kier molecular flexibility index (Phi) is 5.20. The number of ether oxygens (including phenoxy) is 1. The van der Waals surface area contributed by atoms with Crippen molar-refractivity contribution in [1.82, 2.24) is 0 Å². The van der Waals surface area contributed by atoms with E-state index >= 15 is 0 Å². The van der Waals surface area contributed by atoms with Gasteiger partial charge in [-0.2, -0.15) is 0 Å². The van der Waals surface area contributed by atoms with Gasteiger partial charge in [-0.1, -0.05) is 32.9 Å². The van der Waals surface area contributed by atoms with Crippen molar-refractivity contribution in [2.45, 2.75) is 39.5 Å². The zero-order valence-corrected chi connectivity index (χ0v) is 11.6. The van der Waals surface area contributed by atoms with Crippen LogP contribution in [0.5, 0.6) is 5.75 Å². The third-order valence-electron chi connectivity index (χ3n) is 3.30. The Morgan fingerprint density at radius 1 is 1.39 bits per heavy atom. The second kappa shape index (κ2) is 6.43. The monoisotopic (exact) mass is 250 g/mol. The van der Waals surface area contributed by atoms with Crippen molar-refractivity contribution >= 4 is 5.97 Å². The fraction of sp³-hybridized carbons (Fsp3) is 0.533. The fourth-order valence-electron chi connectivity index (χ4n) is 2.19. The van der Waals surface area contributed by atoms with Crippen molar-refractivity contribution in [2.75, 3.05) is 7.11 Å². The van der Waals surface area contributed by atoms with Gasteiger partial charge in [0.15, 0.2) is 0 Å². The van der Waals surface area contributed by atoms with Gasteiger partial charge in [-0.05, 0) is 29.5 Å². The molecule has 0 aliphatic heterocycles. The Balaban J connectivity index is 3.19. The van der Waals surface area contributed by atoms with Crippen LogP contribution in [0.4, 0.5) is 0 Å². The summed E-state index contributed by atoms with van der Waals surface area (Å²) in [6.45, 7) is 6.19. The number of aryl methyl sites for hydroxylation is 1. The smallest absolute Gasteiger partial charge is 0.303 e. The minimum Gasteiger partial charge on any atom is -0.496 e. The maximum Gasteiger partial charge on any atom is 0.303 e. The Bertz CT molecular complexity index is 410. The van der Waals surface area contributed by atoms with Crippen LogP contribution in [-0.2, 0) is 11.2 Å². The molecule has 0 aliphatic carbocycles. The molecule has 1 N–H and O–H groups in total. The highest BCUT2D eigenvalue weighted by molar-refractivity contribution is 5.68. The molecular weight excluding hydrogens is 228 g/mol. The molecule has 3 heteroatoms. The largest absolute Gasteiger partial charge is 0.496 e. The first kappa shape index (κ1) is 14.6. The zero-order valence-electron chi connectivity index (χ0n) is 11.6. The van der Waals surface area contributed by atoms with E-state index in [1.165, 1.54) is 5.56 Å². The Labute approximate surface area is 109 Å². The molecule has 100 valence electrons. The lowest BCUT2D eigenvalue weighted by atomic mass is 9.84. The van der Waals surface area contributed by atoms with Gasteiger partial charge in [-0.15, -0.1) is 0 Å². The summed E-state index contributed by atoms with van der Waals surface area (Å²) in [7, 11) is 1.63. The van der Waals surface area contributed by atoms with Gasteiger partial charge in [0.1, 0.15) is 5.75 Å². The predicted octanol–water partition coefficient (Wildman–Crippen LogP) is 3.47. The normalized spacial score (nSPS) is 12.5. The molecule has 0 heterocycles. The van der Waals surface area contributed by atoms with E-state index in [0.29, 0.717) is 0 Å². The number of aliphatic carboxylic acids is 1. The van der Waals surface area contributed by atoms with Crippen LogP contribution in [-0.4, -0.2) is 18.2 Å². The van der Waals surface area contributed by atoms with E-state index in [2.05, 4.69) is 13.0 Å². The van der Waals surface area contributed by atoms with Crippen LogP contribution >= 0.6 is 0 Å². The number of hydrogen-bond donors (Lipinski definition) is 1. The van der Waals surface area contributed by atoms with Crippen molar-refractivity contribution in [2.24, 2.45) is 5.92 Å². The number of carboxylic acid groups (broad SMARTS) is 1. The van der Waals surface area contributed by atoms with Crippen LogP contribution in [0.3, 0.4) is 0 Å². The molecule has 1 unspecified atom stereocenters. The third-order valence-corrected chi connectivity index (χ3v) is 3.30. The fourth-order valence-corrected chi connectivity index (χ4v) is 2.19. The summed E-state index contributed by atoms with van der Waals surface area (Å²) >= 11 is 0. The minimum atomic E-state index is -0.766. The maximum atomic E-state index is 11.0. The summed E-state index contributed by atoms with van der Waals surface area (Å²) in [6, 6.07) is 6.04. The van der Waals surface area contributed by atoms with Crippen LogP contribution in [0.1, 0.15) is 44.2 Å². The van der Waals surface area contributed by atoms with Gasteiger partial charge in [-0.25, -0.2) is 0 Å². The predicted molar refractivity (Wildman–Crippen MR) is 72.2 cm³/mol. The first-order valence-electron chi connectivity index (χ1n) is 6.38. The number of rotatable bonds is 6. The molecule has 0 aromatic heterocycles. The highest BCUT2D eigenvalue weighted by Crippen LogP contribution is 2.35. The minimum absolute atomic E-state index is 0.0102. The van der Waals surface area contributed by atoms with E-state index < -0.39 is 5.97 Å². The van der Waals surface area contributed by atoms with E-state index in [0.717, 1.165) is 17.7 Å². The molecule has 1 atom stereocenters. The summed E-state index contributed by atoms with van der Waals surface area (Å²) in [5, 5.41) is 9.04. The third kappa shape index (κ3) is 3.49. The number of carbonyl (C=O) groups is 1. The van der Waals surface area contributed by atoms with Crippen LogP contribution in [0, 0.1) is 5.92 Å². The van der Waals surface area contributed by atoms with E-state index in [9.17, 15) is 4.79 Å². The van der Waals surface area contributed by atoms with Crippen molar-refractivity contribution in [3.8, 4) is 5.75 Å². The average Bonchev–Trinajstić information content (AvgIpc) is 2.34. The SMILES string of the molecule is CCc1ccc(OC)c(C(CC(=O)O)C(C)C)c1. The molecule has 1 aromatic rings. The molecular formula is C15H22O3. The van der Waals surface area contributed by atoms with Gasteiger partial charge in [0.05, 0.1) is 13.5 Å². The lowest BCUT2D eigenvalue weighted by Crippen LogP contribution is -2.13. The summed E-state index contributed by atoms with van der Waals surface area (Å²) in [5.41, 5.74) is 2.22. The second-order valence-corrected chi connectivity index (χ2v) is 4.88. The first-order valence-corrected chi connectivity index (χ1v) is 6.38. The van der Waals surface area contributed by atoms with Gasteiger partial charge < -0.3 is 9.84 Å². The number of hydrogen-bond acceptors (Lipinski definition) is 2. The molecule has 0 saturated heterocycles. The van der Waals surface area contributed by atoms with E-state index in [1.54, 1.807) is 7.11 Å². The summed E-state index contributed by atoms with van der Waals surface area (Å²) in [6.07, 6.45) is 1.08. The van der Waals surface area contributed by atoms with E-state index in [-0.39, 0.29) is 18.3 Å². The van der Waals surface area contributed by atoms with Crippen molar-refractivity contribution < 1.29 is 14.6 Å². The topological polar surface area (TPSA) is 46.5 Å². The van der Waals surface area contributed by atoms with Gasteiger partial charge in [-0.3, -0.25) is 4.79 Å². The van der Waals surface area contributed by atoms with Gasteiger partial charge in [0.2, 0.25) is 0 Å². The highest BCUT2D eigenvalue weighted by atomic mass is 16.5. The van der Waals surface area contributed by atoms with Gasteiger partial charge in [0, 0.05) is 5.92 Å². The summed E-state index contributed by atoms with van der Waals surface area (Å²) in [5.74, 6) is 0.274.